The molecule has 7 heteroatoms. The Balaban J connectivity index is 1.70. The number of fused-ring (bicyclic) bond motifs is 1. The number of methoxy groups -OCH3 is 1. The van der Waals surface area contributed by atoms with Gasteiger partial charge in [-0.15, -0.1) is 17.9 Å². The Hall–Kier alpha value is -2.35. The molecule has 0 saturated carbocycles. The van der Waals surface area contributed by atoms with E-state index in [4.69, 9.17) is 9.47 Å². The zero-order chi connectivity index (χ0) is 22.9. The molecule has 6 nitrogen and oxygen atoms in total. The van der Waals surface area contributed by atoms with Gasteiger partial charge in [0.15, 0.2) is 11.5 Å². The number of aliphatic hydroxyl groups is 1. The second-order valence-electron chi connectivity index (χ2n) is 7.96. The molecule has 1 aromatic carbocycles. The number of carbonyl (C=O) groups excluding carboxylic acids is 1. The summed E-state index contributed by atoms with van der Waals surface area (Å²) in [6.07, 6.45) is 3.63. The average Bonchev–Trinajstić information content (AvgIpc) is 3.30. The van der Waals surface area contributed by atoms with Gasteiger partial charge < -0.3 is 19.5 Å². The van der Waals surface area contributed by atoms with E-state index in [0.29, 0.717) is 44.2 Å². The van der Waals surface area contributed by atoms with Crippen LogP contribution in [-0.2, 0) is 11.2 Å². The first kappa shape index (κ1) is 24.3. The number of amides is 1. The van der Waals surface area contributed by atoms with E-state index in [9.17, 15) is 9.90 Å². The van der Waals surface area contributed by atoms with Crippen molar-refractivity contribution in [3.8, 4) is 11.5 Å². The molecule has 1 N–H and O–H groups in total. The lowest BCUT2D eigenvalue weighted by Crippen LogP contribution is -2.47. The summed E-state index contributed by atoms with van der Waals surface area (Å²) in [5, 5.41) is 12.4. The summed E-state index contributed by atoms with van der Waals surface area (Å²) >= 11 is 1.74. The molecule has 0 spiro atoms. The molecule has 1 aromatic heterocycles. The quantitative estimate of drug-likeness (QED) is 0.489. The molecule has 0 radical (unpaired) electrons. The van der Waals surface area contributed by atoms with Gasteiger partial charge in [0, 0.05) is 18.0 Å². The molecule has 1 aliphatic rings. The Labute approximate surface area is 195 Å². The topological polar surface area (TPSA) is 62.2 Å². The molecular formula is C25H34N2O4S. The zero-order valence-corrected chi connectivity index (χ0v) is 19.9. The van der Waals surface area contributed by atoms with E-state index in [1.165, 1.54) is 10.4 Å². The van der Waals surface area contributed by atoms with E-state index in [1.807, 2.05) is 47.1 Å². The monoisotopic (exact) mass is 458 g/mol. The first-order valence-electron chi connectivity index (χ1n) is 11.2. The number of likely N-dealkylation sites (N-methyl/N-ethyl adjacent to an activating group) is 1. The predicted molar refractivity (Wildman–Crippen MR) is 129 cm³/mol. The molecule has 0 aliphatic carbocycles. The third-order valence-electron chi connectivity index (χ3n) is 5.86. The smallest absolute Gasteiger partial charge is 0.237 e. The molecule has 1 amide bonds. The number of nitrogens with zero attached hydrogens (tertiary/aromatic N) is 2. The number of hydrogen-bond acceptors (Lipinski definition) is 6. The van der Waals surface area contributed by atoms with E-state index < -0.39 is 6.10 Å². The number of benzene rings is 1. The van der Waals surface area contributed by atoms with Crippen molar-refractivity contribution in [3.05, 3.63) is 58.8 Å². The summed E-state index contributed by atoms with van der Waals surface area (Å²) in [5.74, 6) is 1.41. The highest BCUT2D eigenvalue weighted by Gasteiger charge is 2.33. The molecule has 0 bridgehead atoms. The van der Waals surface area contributed by atoms with Gasteiger partial charge in [-0.3, -0.25) is 9.69 Å². The highest BCUT2D eigenvalue weighted by Crippen LogP contribution is 2.35. The molecule has 0 unspecified atom stereocenters. The summed E-state index contributed by atoms with van der Waals surface area (Å²) in [6.45, 7) is 8.23. The van der Waals surface area contributed by atoms with Crippen molar-refractivity contribution in [2.75, 3.05) is 39.9 Å². The fourth-order valence-electron chi connectivity index (χ4n) is 4.07. The first-order chi connectivity index (χ1) is 15.6. The van der Waals surface area contributed by atoms with Crippen LogP contribution in [0.2, 0.25) is 0 Å². The van der Waals surface area contributed by atoms with Crippen LogP contribution in [0.1, 0.15) is 36.2 Å². The van der Waals surface area contributed by atoms with Crippen LogP contribution < -0.4 is 9.47 Å². The lowest BCUT2D eigenvalue weighted by Gasteiger charge is -2.37. The van der Waals surface area contributed by atoms with Gasteiger partial charge in [-0.2, -0.15) is 0 Å². The Bertz CT molecular complexity index is 884. The second-order valence-corrected chi connectivity index (χ2v) is 8.96. The van der Waals surface area contributed by atoms with Crippen LogP contribution in [0.15, 0.2) is 48.4 Å². The fourth-order valence-corrected chi connectivity index (χ4v) is 5.00. The van der Waals surface area contributed by atoms with E-state index in [-0.39, 0.29) is 18.5 Å². The highest BCUT2D eigenvalue weighted by molar-refractivity contribution is 7.10. The number of aliphatic hydroxyl groups excluding tert-OH is 1. The molecule has 2 heterocycles. The minimum atomic E-state index is -0.463. The molecule has 32 heavy (non-hydrogen) atoms. The number of hydrogen-bond donors (Lipinski definition) is 1. The maximum absolute atomic E-state index is 13.3. The number of thiophene rings is 1. The summed E-state index contributed by atoms with van der Waals surface area (Å²) in [6, 6.07) is 9.52. The largest absolute Gasteiger partial charge is 0.493 e. The SMILES string of the molecule is C=CCC[C@@H](O)CN(CC)CC(=O)N1CCc2sccc2[C@H]1COc1ccccc1OC. The van der Waals surface area contributed by atoms with Gasteiger partial charge in [-0.25, -0.2) is 0 Å². The van der Waals surface area contributed by atoms with Crippen molar-refractivity contribution in [1.82, 2.24) is 9.80 Å². The number of carbonyl (C=O) groups is 1. The van der Waals surface area contributed by atoms with E-state index in [0.717, 1.165) is 12.8 Å². The lowest BCUT2D eigenvalue weighted by molar-refractivity contribution is -0.136. The molecule has 2 aromatic rings. The van der Waals surface area contributed by atoms with Crippen LogP contribution in [0.25, 0.3) is 0 Å². The zero-order valence-electron chi connectivity index (χ0n) is 19.0. The first-order valence-corrected chi connectivity index (χ1v) is 12.1. The van der Waals surface area contributed by atoms with Gasteiger partial charge in [-0.1, -0.05) is 25.1 Å². The maximum atomic E-state index is 13.3. The van der Waals surface area contributed by atoms with Crippen molar-refractivity contribution in [1.29, 1.82) is 0 Å². The lowest BCUT2D eigenvalue weighted by atomic mass is 10.0. The summed E-state index contributed by atoms with van der Waals surface area (Å²) in [4.78, 5) is 18.6. The van der Waals surface area contributed by atoms with Gasteiger partial charge in [-0.05, 0) is 54.9 Å². The summed E-state index contributed by atoms with van der Waals surface area (Å²) in [5.41, 5.74) is 1.17. The molecule has 1 aliphatic heterocycles. The van der Waals surface area contributed by atoms with Gasteiger partial charge in [0.05, 0.1) is 25.8 Å². The van der Waals surface area contributed by atoms with Crippen LogP contribution in [0.3, 0.4) is 0 Å². The Kier molecular flexibility index (Phi) is 9.14. The maximum Gasteiger partial charge on any atom is 0.237 e. The van der Waals surface area contributed by atoms with E-state index in [2.05, 4.69) is 18.0 Å². The third-order valence-corrected chi connectivity index (χ3v) is 6.86. The average molecular weight is 459 g/mol. The molecule has 3 rings (SSSR count). The minimum absolute atomic E-state index is 0.0632. The molecule has 174 valence electrons. The number of para-hydroxylation sites is 2. The summed E-state index contributed by atoms with van der Waals surface area (Å²) < 4.78 is 11.5. The minimum Gasteiger partial charge on any atom is -0.493 e. The Morgan fingerprint density at radius 2 is 2.16 bits per heavy atom. The van der Waals surface area contributed by atoms with Crippen molar-refractivity contribution in [2.24, 2.45) is 0 Å². The standard InChI is InChI=1S/C25H34N2O4S/c1-4-6-9-19(28)16-26(5-2)17-25(29)27-14-12-24-20(13-15-32-24)21(27)18-31-23-11-8-7-10-22(23)30-3/h4,7-8,10-11,13,15,19,21,28H,1,5-6,9,12,14,16-18H2,2-3H3/t19-,21-/m1/s1. The van der Waals surface area contributed by atoms with Crippen LogP contribution in [0.5, 0.6) is 11.5 Å². The Morgan fingerprint density at radius 3 is 2.88 bits per heavy atom. The van der Waals surface area contributed by atoms with Crippen molar-refractivity contribution in [3.63, 3.8) is 0 Å². The van der Waals surface area contributed by atoms with Crippen molar-refractivity contribution in [2.45, 2.75) is 38.3 Å². The van der Waals surface area contributed by atoms with Gasteiger partial charge in [0.25, 0.3) is 0 Å². The molecule has 0 saturated heterocycles. The van der Waals surface area contributed by atoms with Crippen LogP contribution >= 0.6 is 11.3 Å². The van der Waals surface area contributed by atoms with Crippen LogP contribution in [-0.4, -0.2) is 66.8 Å². The van der Waals surface area contributed by atoms with Gasteiger partial charge in [0.2, 0.25) is 5.91 Å². The van der Waals surface area contributed by atoms with E-state index >= 15 is 0 Å². The summed E-state index contributed by atoms with van der Waals surface area (Å²) in [7, 11) is 1.62. The highest BCUT2D eigenvalue weighted by atomic mass is 32.1. The molecular weight excluding hydrogens is 424 g/mol. The fraction of sp³-hybridized carbons (Fsp3) is 0.480. The molecule has 0 fully saturated rings. The number of allylic oxidation sites excluding steroid dienone is 1. The third kappa shape index (κ3) is 6.12. The molecule has 2 atom stereocenters. The van der Waals surface area contributed by atoms with E-state index in [1.54, 1.807) is 18.4 Å². The normalized spacial score (nSPS) is 16.5. The number of rotatable bonds is 12. The van der Waals surface area contributed by atoms with Gasteiger partial charge in [0.1, 0.15) is 6.61 Å². The van der Waals surface area contributed by atoms with Crippen LogP contribution in [0, 0.1) is 0 Å². The predicted octanol–water partition coefficient (Wildman–Crippen LogP) is 3.91. The second kappa shape index (κ2) is 12.0. The van der Waals surface area contributed by atoms with Crippen molar-refractivity contribution < 1.29 is 19.4 Å². The van der Waals surface area contributed by atoms with Crippen molar-refractivity contribution >= 4 is 17.2 Å². The van der Waals surface area contributed by atoms with Gasteiger partial charge >= 0.3 is 0 Å². The Morgan fingerprint density at radius 1 is 1.38 bits per heavy atom. The van der Waals surface area contributed by atoms with Crippen LogP contribution in [0.4, 0.5) is 0 Å². The number of ether oxygens (including phenoxy) is 2.